The summed E-state index contributed by atoms with van der Waals surface area (Å²) in [7, 11) is 0. The zero-order valence-corrected chi connectivity index (χ0v) is 15.7. The molecule has 1 saturated heterocycles. The van der Waals surface area contributed by atoms with E-state index in [1.54, 1.807) is 17.0 Å². The number of unbranched alkanes of at least 4 members (excludes halogenated alkanes) is 1. The molecule has 5 heteroatoms. The molecular formula is C21H24ClNO3. The number of rotatable bonds is 6. The monoisotopic (exact) mass is 373 g/mol. The molecule has 0 bridgehead atoms. The molecule has 1 fully saturated rings. The van der Waals surface area contributed by atoms with Gasteiger partial charge >= 0.3 is 0 Å². The summed E-state index contributed by atoms with van der Waals surface area (Å²) in [6.07, 6.45) is 1.96. The molecule has 1 unspecified atom stereocenters. The maximum atomic E-state index is 12.9. The highest BCUT2D eigenvalue weighted by molar-refractivity contribution is 6.34. The number of ether oxygens (including phenoxy) is 2. The van der Waals surface area contributed by atoms with Crippen LogP contribution in [-0.4, -0.2) is 37.1 Å². The van der Waals surface area contributed by atoms with E-state index in [9.17, 15) is 4.79 Å². The minimum atomic E-state index is -0.107. The summed E-state index contributed by atoms with van der Waals surface area (Å²) in [5, 5.41) is 0.423. The van der Waals surface area contributed by atoms with Gasteiger partial charge in [0.1, 0.15) is 11.9 Å². The number of hydrogen-bond donors (Lipinski definition) is 0. The zero-order valence-electron chi connectivity index (χ0n) is 15.0. The molecule has 3 rings (SSSR count). The molecule has 26 heavy (non-hydrogen) atoms. The van der Waals surface area contributed by atoms with Gasteiger partial charge in [-0.15, -0.1) is 0 Å². The van der Waals surface area contributed by atoms with E-state index < -0.39 is 0 Å². The summed E-state index contributed by atoms with van der Waals surface area (Å²) in [5.41, 5.74) is 1.58. The van der Waals surface area contributed by atoms with Crippen LogP contribution in [0, 0.1) is 0 Å². The molecule has 0 saturated carbocycles. The molecular weight excluding hydrogens is 350 g/mol. The highest BCUT2D eigenvalue weighted by Crippen LogP contribution is 2.27. The maximum Gasteiger partial charge on any atom is 0.255 e. The second kappa shape index (κ2) is 9.06. The first-order chi connectivity index (χ1) is 12.7. The highest BCUT2D eigenvalue weighted by Gasteiger charge is 2.27. The fourth-order valence-corrected chi connectivity index (χ4v) is 3.22. The lowest BCUT2D eigenvalue weighted by Gasteiger charge is -2.33. The number of amides is 1. The van der Waals surface area contributed by atoms with E-state index in [0.29, 0.717) is 42.6 Å². The molecule has 2 aromatic rings. The van der Waals surface area contributed by atoms with Gasteiger partial charge in [0.2, 0.25) is 0 Å². The van der Waals surface area contributed by atoms with Crippen LogP contribution in [0.2, 0.25) is 5.02 Å². The number of morpholine rings is 1. The van der Waals surface area contributed by atoms with Gasteiger partial charge in [-0.1, -0.05) is 55.3 Å². The molecule has 0 aliphatic carbocycles. The van der Waals surface area contributed by atoms with Gasteiger partial charge in [-0.3, -0.25) is 4.79 Å². The highest BCUT2D eigenvalue weighted by atomic mass is 35.5. The Labute approximate surface area is 159 Å². The quantitative estimate of drug-likeness (QED) is 0.687. The van der Waals surface area contributed by atoms with Crippen molar-refractivity contribution < 1.29 is 14.3 Å². The molecule has 0 spiro atoms. The van der Waals surface area contributed by atoms with Crippen molar-refractivity contribution in [3.63, 3.8) is 0 Å². The predicted molar refractivity (Wildman–Crippen MR) is 103 cm³/mol. The number of carbonyl (C=O) groups excluding carboxylic acids is 1. The number of benzene rings is 2. The summed E-state index contributed by atoms with van der Waals surface area (Å²) in [4.78, 5) is 14.7. The third kappa shape index (κ3) is 4.57. The van der Waals surface area contributed by atoms with Gasteiger partial charge in [-0.2, -0.15) is 0 Å². The summed E-state index contributed by atoms with van der Waals surface area (Å²) in [6.45, 7) is 4.37. The Morgan fingerprint density at radius 1 is 1.27 bits per heavy atom. The Hall–Kier alpha value is -2.04. The summed E-state index contributed by atoms with van der Waals surface area (Å²) in [5.74, 6) is 0.628. The van der Waals surface area contributed by atoms with Crippen molar-refractivity contribution in [3.8, 4) is 5.75 Å². The molecule has 0 N–H and O–H groups in total. The van der Waals surface area contributed by atoms with Gasteiger partial charge in [0, 0.05) is 6.54 Å². The van der Waals surface area contributed by atoms with Crippen molar-refractivity contribution in [2.45, 2.75) is 25.9 Å². The van der Waals surface area contributed by atoms with Crippen molar-refractivity contribution in [3.05, 3.63) is 64.7 Å². The lowest BCUT2D eigenvalue weighted by atomic mass is 10.1. The first-order valence-corrected chi connectivity index (χ1v) is 9.45. The lowest BCUT2D eigenvalue weighted by Crippen LogP contribution is -2.42. The molecule has 138 valence electrons. The Balaban J connectivity index is 1.68. The van der Waals surface area contributed by atoms with E-state index in [4.69, 9.17) is 21.1 Å². The zero-order chi connectivity index (χ0) is 18.4. The SMILES string of the molecule is CCCCOc1ccc(C(=O)N2CCOC(c3ccccc3)C2)c(Cl)c1. The van der Waals surface area contributed by atoms with E-state index in [2.05, 4.69) is 6.92 Å². The largest absolute Gasteiger partial charge is 0.494 e. The van der Waals surface area contributed by atoms with E-state index in [0.717, 1.165) is 18.4 Å². The maximum absolute atomic E-state index is 12.9. The van der Waals surface area contributed by atoms with Crippen LogP contribution in [-0.2, 0) is 4.74 Å². The van der Waals surface area contributed by atoms with Gasteiger partial charge in [-0.25, -0.2) is 0 Å². The van der Waals surface area contributed by atoms with Gasteiger partial charge in [0.15, 0.2) is 0 Å². The van der Waals surface area contributed by atoms with Crippen LogP contribution in [0.15, 0.2) is 48.5 Å². The molecule has 1 aliphatic heterocycles. The number of nitrogens with zero attached hydrogens (tertiary/aromatic N) is 1. The summed E-state index contributed by atoms with van der Waals surface area (Å²) in [6, 6.07) is 15.3. The first-order valence-electron chi connectivity index (χ1n) is 9.07. The van der Waals surface area contributed by atoms with Crippen molar-refractivity contribution in [1.82, 2.24) is 4.90 Å². The molecule has 1 heterocycles. The van der Waals surface area contributed by atoms with Crippen LogP contribution in [0.3, 0.4) is 0 Å². The minimum absolute atomic E-state index is 0.0701. The third-order valence-electron chi connectivity index (χ3n) is 4.46. The smallest absolute Gasteiger partial charge is 0.255 e. The van der Waals surface area contributed by atoms with Crippen LogP contribution in [0.5, 0.6) is 5.75 Å². The van der Waals surface area contributed by atoms with Crippen LogP contribution in [0.1, 0.15) is 41.8 Å². The van der Waals surface area contributed by atoms with Crippen molar-refractivity contribution in [2.75, 3.05) is 26.3 Å². The Bertz CT molecular complexity index is 735. The van der Waals surface area contributed by atoms with E-state index >= 15 is 0 Å². The molecule has 4 nitrogen and oxygen atoms in total. The normalized spacial score (nSPS) is 17.2. The minimum Gasteiger partial charge on any atom is -0.494 e. The first kappa shape index (κ1) is 18.7. The fourth-order valence-electron chi connectivity index (χ4n) is 2.97. The Morgan fingerprint density at radius 3 is 2.81 bits per heavy atom. The Kier molecular flexibility index (Phi) is 6.53. The second-order valence-electron chi connectivity index (χ2n) is 6.36. The van der Waals surface area contributed by atoms with Gasteiger partial charge in [0.05, 0.1) is 30.3 Å². The molecule has 2 aromatic carbocycles. The molecule has 0 aromatic heterocycles. The van der Waals surface area contributed by atoms with E-state index in [-0.39, 0.29) is 12.0 Å². The standard InChI is InChI=1S/C21H24ClNO3/c1-2-3-12-25-17-9-10-18(19(22)14-17)21(24)23-11-13-26-20(15-23)16-7-5-4-6-8-16/h4-10,14,20H,2-3,11-13,15H2,1H3. The second-order valence-corrected chi connectivity index (χ2v) is 6.77. The van der Waals surface area contributed by atoms with Crippen LogP contribution >= 0.6 is 11.6 Å². The van der Waals surface area contributed by atoms with E-state index in [1.807, 2.05) is 36.4 Å². The van der Waals surface area contributed by atoms with E-state index in [1.165, 1.54) is 0 Å². The lowest BCUT2D eigenvalue weighted by molar-refractivity contribution is -0.0228. The topological polar surface area (TPSA) is 38.8 Å². The fraction of sp³-hybridized carbons (Fsp3) is 0.381. The molecule has 1 amide bonds. The average Bonchev–Trinajstić information content (AvgIpc) is 2.69. The average molecular weight is 374 g/mol. The van der Waals surface area contributed by atoms with Crippen LogP contribution in [0.4, 0.5) is 0 Å². The molecule has 1 atom stereocenters. The summed E-state index contributed by atoms with van der Waals surface area (Å²) < 4.78 is 11.5. The summed E-state index contributed by atoms with van der Waals surface area (Å²) >= 11 is 6.35. The van der Waals surface area contributed by atoms with Gasteiger partial charge in [-0.05, 0) is 30.2 Å². The molecule has 1 aliphatic rings. The van der Waals surface area contributed by atoms with Crippen LogP contribution in [0.25, 0.3) is 0 Å². The van der Waals surface area contributed by atoms with Crippen molar-refractivity contribution in [2.24, 2.45) is 0 Å². The number of halogens is 1. The van der Waals surface area contributed by atoms with Crippen molar-refractivity contribution in [1.29, 1.82) is 0 Å². The van der Waals surface area contributed by atoms with Gasteiger partial charge in [0.25, 0.3) is 5.91 Å². The predicted octanol–water partition coefficient (Wildman–Crippen LogP) is 4.73. The van der Waals surface area contributed by atoms with Gasteiger partial charge < -0.3 is 14.4 Å². The number of hydrogen-bond acceptors (Lipinski definition) is 3. The van der Waals surface area contributed by atoms with Crippen molar-refractivity contribution >= 4 is 17.5 Å². The Morgan fingerprint density at radius 2 is 2.08 bits per heavy atom. The third-order valence-corrected chi connectivity index (χ3v) is 4.78. The number of carbonyl (C=O) groups is 1. The van der Waals surface area contributed by atoms with Crippen LogP contribution < -0.4 is 4.74 Å². The molecule has 0 radical (unpaired) electrons.